The highest BCUT2D eigenvalue weighted by atomic mass is 32.2. The molecule has 1 aliphatic rings. The van der Waals surface area contributed by atoms with E-state index < -0.39 is 0 Å². The number of aliphatic hydroxyl groups is 1. The summed E-state index contributed by atoms with van der Waals surface area (Å²) in [6.07, 6.45) is 0.745. The monoisotopic (exact) mass is 265 g/mol. The lowest BCUT2D eigenvalue weighted by Crippen LogP contribution is -2.18. The van der Waals surface area contributed by atoms with E-state index in [1.165, 1.54) is 10.6 Å². The third-order valence-electron chi connectivity index (χ3n) is 3.12. The average Bonchev–Trinajstić information content (AvgIpc) is 2.66. The molecule has 0 radical (unpaired) electrons. The Bertz CT molecular complexity index is 473. The summed E-state index contributed by atoms with van der Waals surface area (Å²) in [5.41, 5.74) is 9.19. The molecule has 0 aromatic carbocycles. The van der Waals surface area contributed by atoms with Crippen molar-refractivity contribution in [1.29, 1.82) is 0 Å². The maximum atomic E-state index is 9.00. The molecular weight excluding hydrogens is 246 g/mol. The fraction of sp³-hybridized carbons (Fsp3) is 0.462. The van der Waals surface area contributed by atoms with Crippen molar-refractivity contribution in [2.24, 2.45) is 0 Å². The normalized spacial score (nSPS) is 15.6. The minimum atomic E-state index is 0.210. The van der Waals surface area contributed by atoms with Crippen molar-refractivity contribution in [3.05, 3.63) is 34.0 Å². The van der Waals surface area contributed by atoms with Gasteiger partial charge in [0, 0.05) is 41.4 Å². The molecule has 0 saturated carbocycles. The van der Waals surface area contributed by atoms with E-state index in [2.05, 4.69) is 16.8 Å². The summed E-state index contributed by atoms with van der Waals surface area (Å²) >= 11 is 1.80. The van der Waals surface area contributed by atoms with E-state index in [9.17, 15) is 0 Å². The maximum absolute atomic E-state index is 9.00. The highest BCUT2D eigenvalue weighted by Crippen LogP contribution is 2.35. The number of anilines is 1. The number of aliphatic hydroxyl groups excluding tert-OH is 1. The van der Waals surface area contributed by atoms with Gasteiger partial charge >= 0.3 is 0 Å². The van der Waals surface area contributed by atoms with Crippen molar-refractivity contribution in [3.63, 3.8) is 0 Å². The Morgan fingerprint density at radius 3 is 2.89 bits per heavy atom. The fourth-order valence-corrected chi connectivity index (χ4v) is 3.17. The first-order valence-corrected chi connectivity index (χ1v) is 7.00. The molecule has 0 saturated heterocycles. The molecule has 0 amide bonds. The molecule has 4 nitrogen and oxygen atoms in total. The molecule has 0 spiro atoms. The van der Waals surface area contributed by atoms with Crippen LogP contribution >= 0.6 is 11.8 Å². The molecule has 18 heavy (non-hydrogen) atoms. The van der Waals surface area contributed by atoms with Crippen molar-refractivity contribution < 1.29 is 5.11 Å². The third-order valence-corrected chi connectivity index (χ3v) is 4.41. The van der Waals surface area contributed by atoms with E-state index in [1.807, 2.05) is 19.1 Å². The Kier molecular flexibility index (Phi) is 4.14. The lowest BCUT2D eigenvalue weighted by Gasteiger charge is -2.20. The number of hydrogen-bond acceptors (Lipinski definition) is 5. The summed E-state index contributed by atoms with van der Waals surface area (Å²) in [4.78, 5) is 7.83. The topological polar surface area (TPSA) is 62.4 Å². The standard InChI is InChI=1S/C13H19N3OS/c1-9-3-4-11(13(14)15-9)7-16-8-18-12(5-6-17)10(16)2/h3-4,17H,5-8H2,1-2H3,(H2,14,15). The minimum Gasteiger partial charge on any atom is -0.396 e. The van der Waals surface area contributed by atoms with Gasteiger partial charge in [0.15, 0.2) is 0 Å². The van der Waals surface area contributed by atoms with Crippen LogP contribution in [0.4, 0.5) is 5.82 Å². The number of hydrogen-bond donors (Lipinski definition) is 2. The number of nitrogen functional groups attached to an aromatic ring is 1. The van der Waals surface area contributed by atoms with E-state index in [0.717, 1.165) is 30.1 Å². The molecule has 3 N–H and O–H groups in total. The Balaban J connectivity index is 2.11. The summed E-state index contributed by atoms with van der Waals surface area (Å²) in [5, 5.41) is 9.00. The van der Waals surface area contributed by atoms with E-state index >= 15 is 0 Å². The number of allylic oxidation sites excluding steroid dienone is 1. The zero-order valence-corrected chi connectivity index (χ0v) is 11.6. The Morgan fingerprint density at radius 1 is 1.44 bits per heavy atom. The number of aryl methyl sites for hydroxylation is 1. The summed E-state index contributed by atoms with van der Waals surface area (Å²) in [5.74, 6) is 1.54. The number of nitrogens with zero attached hydrogens (tertiary/aromatic N) is 2. The van der Waals surface area contributed by atoms with E-state index in [0.29, 0.717) is 5.82 Å². The third kappa shape index (κ3) is 2.79. The van der Waals surface area contributed by atoms with Crippen molar-refractivity contribution in [3.8, 4) is 0 Å². The van der Waals surface area contributed by atoms with Gasteiger partial charge in [-0.3, -0.25) is 0 Å². The van der Waals surface area contributed by atoms with Crippen LogP contribution in [-0.2, 0) is 6.54 Å². The molecule has 98 valence electrons. The maximum Gasteiger partial charge on any atom is 0.128 e. The first-order chi connectivity index (χ1) is 8.61. The van der Waals surface area contributed by atoms with Crippen LogP contribution in [-0.4, -0.2) is 27.5 Å². The lowest BCUT2D eigenvalue weighted by atomic mass is 10.2. The molecule has 0 fully saturated rings. The minimum absolute atomic E-state index is 0.210. The molecule has 1 aliphatic heterocycles. The first kappa shape index (κ1) is 13.2. The van der Waals surface area contributed by atoms with E-state index in [-0.39, 0.29) is 6.61 Å². The van der Waals surface area contributed by atoms with Crippen LogP contribution in [0.3, 0.4) is 0 Å². The number of thioether (sulfide) groups is 1. The van der Waals surface area contributed by atoms with Gasteiger partial charge < -0.3 is 15.7 Å². The predicted molar refractivity (Wildman–Crippen MR) is 75.8 cm³/mol. The lowest BCUT2D eigenvalue weighted by molar-refractivity contribution is 0.300. The molecule has 0 atom stereocenters. The number of rotatable bonds is 4. The van der Waals surface area contributed by atoms with Crippen LogP contribution in [0.5, 0.6) is 0 Å². The Morgan fingerprint density at radius 2 is 2.22 bits per heavy atom. The molecule has 0 aliphatic carbocycles. The van der Waals surface area contributed by atoms with Gasteiger partial charge in [-0.25, -0.2) is 4.98 Å². The van der Waals surface area contributed by atoms with Crippen molar-refractivity contribution in [2.75, 3.05) is 18.2 Å². The number of nitrogens with two attached hydrogens (primary N) is 1. The molecule has 1 aromatic rings. The van der Waals surface area contributed by atoms with Gasteiger partial charge in [0.1, 0.15) is 5.82 Å². The second-order valence-electron chi connectivity index (χ2n) is 4.45. The van der Waals surface area contributed by atoms with Crippen LogP contribution in [0.15, 0.2) is 22.7 Å². The quantitative estimate of drug-likeness (QED) is 0.873. The predicted octanol–water partition coefficient (Wildman–Crippen LogP) is 2.09. The number of pyridine rings is 1. The number of aromatic nitrogens is 1. The Labute approximate surface area is 112 Å². The second-order valence-corrected chi connectivity index (χ2v) is 5.49. The van der Waals surface area contributed by atoms with Gasteiger partial charge in [0.25, 0.3) is 0 Å². The molecule has 2 rings (SSSR count). The van der Waals surface area contributed by atoms with Crippen LogP contribution in [0.25, 0.3) is 0 Å². The van der Waals surface area contributed by atoms with E-state index in [1.54, 1.807) is 11.8 Å². The van der Waals surface area contributed by atoms with Gasteiger partial charge in [0.2, 0.25) is 0 Å². The molecule has 2 heterocycles. The van der Waals surface area contributed by atoms with Gasteiger partial charge in [-0.1, -0.05) is 6.07 Å². The molecule has 0 unspecified atom stereocenters. The van der Waals surface area contributed by atoms with Crippen LogP contribution < -0.4 is 5.73 Å². The van der Waals surface area contributed by atoms with Gasteiger partial charge in [0.05, 0.1) is 5.88 Å². The van der Waals surface area contributed by atoms with Crippen molar-refractivity contribution >= 4 is 17.6 Å². The highest BCUT2D eigenvalue weighted by molar-refractivity contribution is 8.03. The zero-order chi connectivity index (χ0) is 13.1. The highest BCUT2D eigenvalue weighted by Gasteiger charge is 2.20. The van der Waals surface area contributed by atoms with Gasteiger partial charge in [-0.05, 0) is 19.9 Å². The van der Waals surface area contributed by atoms with Crippen molar-refractivity contribution in [2.45, 2.75) is 26.8 Å². The van der Waals surface area contributed by atoms with Crippen LogP contribution in [0.1, 0.15) is 24.6 Å². The molecular formula is C13H19N3OS. The van der Waals surface area contributed by atoms with Crippen molar-refractivity contribution in [1.82, 2.24) is 9.88 Å². The first-order valence-electron chi connectivity index (χ1n) is 6.02. The van der Waals surface area contributed by atoms with Crippen LogP contribution in [0, 0.1) is 6.92 Å². The molecule has 0 bridgehead atoms. The average molecular weight is 265 g/mol. The Hall–Kier alpha value is -1.20. The zero-order valence-electron chi connectivity index (χ0n) is 10.8. The summed E-state index contributed by atoms with van der Waals surface area (Å²) < 4.78 is 0. The van der Waals surface area contributed by atoms with Crippen LogP contribution in [0.2, 0.25) is 0 Å². The fourth-order valence-electron chi connectivity index (χ4n) is 2.00. The summed E-state index contributed by atoms with van der Waals surface area (Å²) in [6, 6.07) is 4.03. The van der Waals surface area contributed by atoms with Gasteiger partial charge in [-0.2, -0.15) is 0 Å². The molecule has 1 aromatic heterocycles. The SMILES string of the molecule is CC1=C(CCO)SCN1Cc1ccc(C)nc1N. The summed E-state index contributed by atoms with van der Waals surface area (Å²) in [6.45, 7) is 5.04. The largest absolute Gasteiger partial charge is 0.396 e. The van der Waals surface area contributed by atoms with E-state index in [4.69, 9.17) is 10.8 Å². The summed E-state index contributed by atoms with van der Waals surface area (Å²) in [7, 11) is 0. The smallest absolute Gasteiger partial charge is 0.128 e. The molecule has 5 heteroatoms. The van der Waals surface area contributed by atoms with Gasteiger partial charge in [-0.15, -0.1) is 11.8 Å². The second kappa shape index (κ2) is 5.63.